The maximum absolute atomic E-state index is 10.6. The standard InChI is InChI=1S/C10H11N3O2.H2O/c11-13(10(14)15)6-7-5-12-9-4-2-1-3-8(7)9;/h1-5,12H,6,11H2,(H,14,15);1H2. The van der Waals surface area contributed by atoms with Crippen molar-refractivity contribution < 1.29 is 15.4 Å². The van der Waals surface area contributed by atoms with Crippen molar-refractivity contribution in [3.63, 3.8) is 0 Å². The molecule has 0 bridgehead atoms. The third-order valence-corrected chi connectivity index (χ3v) is 2.26. The van der Waals surface area contributed by atoms with Gasteiger partial charge in [-0.2, -0.15) is 0 Å². The number of carboxylic acid groups (broad SMARTS) is 1. The first-order valence-electron chi connectivity index (χ1n) is 4.48. The molecule has 0 spiro atoms. The molecular weight excluding hydrogens is 210 g/mol. The van der Waals surface area contributed by atoms with Crippen LogP contribution in [-0.2, 0) is 6.54 Å². The second kappa shape index (κ2) is 4.65. The molecule has 2 aromatic rings. The van der Waals surface area contributed by atoms with E-state index in [0.717, 1.165) is 21.5 Å². The topological polar surface area (TPSA) is 114 Å². The molecule has 2 rings (SSSR count). The van der Waals surface area contributed by atoms with Gasteiger partial charge in [0.2, 0.25) is 0 Å². The van der Waals surface area contributed by atoms with E-state index in [9.17, 15) is 4.79 Å². The van der Waals surface area contributed by atoms with Gasteiger partial charge in [0, 0.05) is 17.1 Å². The zero-order chi connectivity index (χ0) is 10.8. The molecule has 16 heavy (non-hydrogen) atoms. The first kappa shape index (κ1) is 12.0. The van der Waals surface area contributed by atoms with Crippen LogP contribution in [-0.4, -0.2) is 26.7 Å². The number of rotatable bonds is 2. The lowest BCUT2D eigenvalue weighted by molar-refractivity contribution is 0.143. The minimum Gasteiger partial charge on any atom is -0.464 e. The van der Waals surface area contributed by atoms with Crippen LogP contribution in [0.25, 0.3) is 10.9 Å². The summed E-state index contributed by atoms with van der Waals surface area (Å²) in [5.41, 5.74) is 1.85. The Kier molecular flexibility index (Phi) is 3.49. The van der Waals surface area contributed by atoms with Gasteiger partial charge in [0.1, 0.15) is 0 Å². The Morgan fingerprint density at radius 3 is 2.81 bits per heavy atom. The molecule has 1 amide bonds. The van der Waals surface area contributed by atoms with E-state index in [4.69, 9.17) is 10.9 Å². The quantitative estimate of drug-likeness (QED) is 0.395. The fourth-order valence-corrected chi connectivity index (χ4v) is 1.51. The van der Waals surface area contributed by atoms with Crippen LogP contribution in [0.15, 0.2) is 30.5 Å². The van der Waals surface area contributed by atoms with Gasteiger partial charge in [-0.1, -0.05) is 18.2 Å². The molecular formula is C10H13N3O3. The highest BCUT2D eigenvalue weighted by molar-refractivity contribution is 5.83. The maximum Gasteiger partial charge on any atom is 0.421 e. The fraction of sp³-hybridized carbons (Fsp3) is 0.100. The number of carbonyl (C=O) groups is 1. The van der Waals surface area contributed by atoms with Crippen LogP contribution in [0, 0.1) is 0 Å². The van der Waals surface area contributed by atoms with Crippen LogP contribution in [0.1, 0.15) is 5.56 Å². The molecule has 6 N–H and O–H groups in total. The van der Waals surface area contributed by atoms with Crippen molar-refractivity contribution in [1.82, 2.24) is 9.99 Å². The SMILES string of the molecule is NN(Cc1c[nH]c2ccccc12)C(=O)O.O. The molecule has 0 fully saturated rings. The first-order chi connectivity index (χ1) is 7.18. The molecule has 0 aliphatic carbocycles. The number of benzene rings is 1. The lowest BCUT2D eigenvalue weighted by Gasteiger charge is -2.10. The molecule has 6 heteroatoms. The van der Waals surface area contributed by atoms with Crippen LogP contribution in [0.4, 0.5) is 4.79 Å². The summed E-state index contributed by atoms with van der Waals surface area (Å²) >= 11 is 0. The Morgan fingerprint density at radius 2 is 2.12 bits per heavy atom. The highest BCUT2D eigenvalue weighted by Gasteiger charge is 2.10. The number of nitrogens with one attached hydrogen (secondary N) is 1. The highest BCUT2D eigenvalue weighted by atomic mass is 16.4. The van der Waals surface area contributed by atoms with Gasteiger partial charge in [0.05, 0.1) is 6.54 Å². The largest absolute Gasteiger partial charge is 0.464 e. The fourth-order valence-electron chi connectivity index (χ4n) is 1.51. The van der Waals surface area contributed by atoms with Crippen LogP contribution >= 0.6 is 0 Å². The number of hydrazine groups is 1. The van der Waals surface area contributed by atoms with Crippen LogP contribution < -0.4 is 5.84 Å². The molecule has 0 saturated heterocycles. The van der Waals surface area contributed by atoms with Gasteiger partial charge in [0.25, 0.3) is 0 Å². The summed E-state index contributed by atoms with van der Waals surface area (Å²) < 4.78 is 0. The third-order valence-electron chi connectivity index (χ3n) is 2.26. The Bertz CT molecular complexity index is 495. The average molecular weight is 223 g/mol. The molecule has 1 aromatic heterocycles. The second-order valence-corrected chi connectivity index (χ2v) is 3.27. The second-order valence-electron chi connectivity index (χ2n) is 3.27. The van der Waals surface area contributed by atoms with E-state index >= 15 is 0 Å². The summed E-state index contributed by atoms with van der Waals surface area (Å²) in [6.45, 7) is 0.180. The van der Waals surface area contributed by atoms with Crippen molar-refractivity contribution in [2.24, 2.45) is 5.84 Å². The molecule has 1 heterocycles. The molecule has 0 aliphatic heterocycles. The number of para-hydroxylation sites is 1. The van der Waals surface area contributed by atoms with Gasteiger partial charge in [-0.15, -0.1) is 0 Å². The molecule has 0 radical (unpaired) electrons. The van der Waals surface area contributed by atoms with E-state index in [-0.39, 0.29) is 12.0 Å². The Morgan fingerprint density at radius 1 is 1.44 bits per heavy atom. The normalized spacial score (nSPS) is 9.81. The third kappa shape index (κ3) is 2.13. The Labute approximate surface area is 91.6 Å². The molecule has 1 aromatic carbocycles. The van der Waals surface area contributed by atoms with Gasteiger partial charge in [-0.25, -0.2) is 15.6 Å². The predicted octanol–water partition coefficient (Wildman–Crippen LogP) is 0.697. The van der Waals surface area contributed by atoms with Crippen molar-refractivity contribution in [2.45, 2.75) is 6.54 Å². The summed E-state index contributed by atoms with van der Waals surface area (Å²) in [4.78, 5) is 13.6. The van der Waals surface area contributed by atoms with E-state index in [0.29, 0.717) is 0 Å². The minimum atomic E-state index is -1.14. The smallest absolute Gasteiger partial charge is 0.421 e. The monoisotopic (exact) mass is 223 g/mol. The van der Waals surface area contributed by atoms with E-state index < -0.39 is 6.09 Å². The zero-order valence-corrected chi connectivity index (χ0v) is 8.47. The van der Waals surface area contributed by atoms with Gasteiger partial charge < -0.3 is 15.6 Å². The summed E-state index contributed by atoms with van der Waals surface area (Å²) in [5.74, 6) is 5.32. The summed E-state index contributed by atoms with van der Waals surface area (Å²) in [5, 5.41) is 10.4. The highest BCUT2D eigenvalue weighted by Crippen LogP contribution is 2.18. The van der Waals surface area contributed by atoms with E-state index in [1.165, 1.54) is 0 Å². The van der Waals surface area contributed by atoms with E-state index in [1.807, 2.05) is 24.3 Å². The summed E-state index contributed by atoms with van der Waals surface area (Å²) in [6.07, 6.45) is 0.633. The molecule has 0 saturated carbocycles. The number of fused-ring (bicyclic) bond motifs is 1. The van der Waals surface area contributed by atoms with E-state index in [1.54, 1.807) is 6.20 Å². The number of amides is 1. The van der Waals surface area contributed by atoms with Gasteiger partial charge in [-0.3, -0.25) is 0 Å². The van der Waals surface area contributed by atoms with Crippen molar-refractivity contribution in [3.05, 3.63) is 36.0 Å². The van der Waals surface area contributed by atoms with Crippen molar-refractivity contribution >= 4 is 17.0 Å². The van der Waals surface area contributed by atoms with Gasteiger partial charge in [0.15, 0.2) is 0 Å². The van der Waals surface area contributed by atoms with Crippen molar-refractivity contribution in [2.75, 3.05) is 0 Å². The summed E-state index contributed by atoms with van der Waals surface area (Å²) in [7, 11) is 0. The number of hydrogen-bond donors (Lipinski definition) is 3. The average Bonchev–Trinajstić information content (AvgIpc) is 2.62. The Balaban J connectivity index is 0.00000128. The van der Waals surface area contributed by atoms with Crippen LogP contribution in [0.5, 0.6) is 0 Å². The molecule has 0 aliphatic rings. The zero-order valence-electron chi connectivity index (χ0n) is 8.47. The lowest BCUT2D eigenvalue weighted by atomic mass is 10.2. The number of nitrogens with two attached hydrogens (primary N) is 1. The molecule has 86 valence electrons. The molecule has 0 atom stereocenters. The van der Waals surface area contributed by atoms with Crippen LogP contribution in [0.3, 0.4) is 0 Å². The van der Waals surface area contributed by atoms with Crippen molar-refractivity contribution in [3.8, 4) is 0 Å². The number of H-pyrrole nitrogens is 1. The van der Waals surface area contributed by atoms with Gasteiger partial charge >= 0.3 is 6.09 Å². The van der Waals surface area contributed by atoms with E-state index in [2.05, 4.69) is 4.98 Å². The van der Waals surface area contributed by atoms with Gasteiger partial charge in [-0.05, 0) is 11.6 Å². The number of hydrogen-bond acceptors (Lipinski definition) is 2. The number of aromatic amines is 1. The van der Waals surface area contributed by atoms with Crippen molar-refractivity contribution in [1.29, 1.82) is 0 Å². The lowest BCUT2D eigenvalue weighted by Crippen LogP contribution is -2.35. The van der Waals surface area contributed by atoms with Crippen LogP contribution in [0.2, 0.25) is 0 Å². The summed E-state index contributed by atoms with van der Waals surface area (Å²) in [6, 6.07) is 7.68. The molecule has 6 nitrogen and oxygen atoms in total. The predicted molar refractivity (Wildman–Crippen MR) is 59.7 cm³/mol. The first-order valence-corrected chi connectivity index (χ1v) is 4.48. The molecule has 0 unspecified atom stereocenters. The number of aromatic nitrogens is 1. The minimum absolute atomic E-state index is 0. The Hall–Kier alpha value is -2.05. The number of nitrogens with zero attached hydrogens (tertiary/aromatic N) is 1. The maximum atomic E-state index is 10.6.